The minimum absolute atomic E-state index is 0.0147. The van der Waals surface area contributed by atoms with E-state index in [4.69, 9.17) is 0 Å². The zero-order chi connectivity index (χ0) is 14.7. The van der Waals surface area contributed by atoms with E-state index in [9.17, 15) is 4.79 Å². The summed E-state index contributed by atoms with van der Waals surface area (Å²) in [6, 6.07) is 11.5. The van der Waals surface area contributed by atoms with Gasteiger partial charge in [-0.05, 0) is 44.9 Å². The van der Waals surface area contributed by atoms with Crippen LogP contribution < -0.4 is 10.6 Å². The molecule has 2 fully saturated rings. The molecule has 4 heteroatoms. The van der Waals surface area contributed by atoms with Crippen molar-refractivity contribution in [2.75, 3.05) is 20.1 Å². The van der Waals surface area contributed by atoms with Crippen molar-refractivity contribution in [1.29, 1.82) is 0 Å². The maximum absolute atomic E-state index is 11.9. The fourth-order valence-corrected chi connectivity index (χ4v) is 3.72. The Kier molecular flexibility index (Phi) is 4.56. The average molecular weight is 287 g/mol. The number of hydrogen-bond donors (Lipinski definition) is 2. The van der Waals surface area contributed by atoms with Gasteiger partial charge in [-0.15, -0.1) is 0 Å². The number of nitrogens with one attached hydrogen (secondary N) is 2. The second-order valence-electron chi connectivity index (χ2n) is 6.29. The largest absolute Gasteiger partial charge is 0.351 e. The van der Waals surface area contributed by atoms with Crippen molar-refractivity contribution >= 4 is 5.91 Å². The summed E-state index contributed by atoms with van der Waals surface area (Å²) in [5, 5.41) is 6.58. The lowest BCUT2D eigenvalue weighted by molar-refractivity contribution is 0.0952. The predicted octanol–water partition coefficient (Wildman–Crippen LogP) is 1.63. The van der Waals surface area contributed by atoms with Crippen LogP contribution in [0.2, 0.25) is 0 Å². The van der Waals surface area contributed by atoms with Gasteiger partial charge in [0.2, 0.25) is 0 Å². The summed E-state index contributed by atoms with van der Waals surface area (Å²) in [6.45, 7) is 1.54. The first-order valence-electron chi connectivity index (χ1n) is 8.02. The molecule has 2 atom stereocenters. The van der Waals surface area contributed by atoms with Gasteiger partial charge in [0.25, 0.3) is 5.91 Å². The Hall–Kier alpha value is -1.39. The first kappa shape index (κ1) is 14.5. The van der Waals surface area contributed by atoms with Gasteiger partial charge in [-0.25, -0.2) is 0 Å². The van der Waals surface area contributed by atoms with E-state index in [0.29, 0.717) is 12.6 Å². The van der Waals surface area contributed by atoms with Gasteiger partial charge in [0, 0.05) is 36.8 Å². The van der Waals surface area contributed by atoms with Crippen LogP contribution in [0.1, 0.15) is 36.0 Å². The fraction of sp³-hybridized carbons (Fsp3) is 0.588. The zero-order valence-corrected chi connectivity index (χ0v) is 12.7. The predicted molar refractivity (Wildman–Crippen MR) is 84.4 cm³/mol. The molecule has 4 nitrogen and oxygen atoms in total. The Morgan fingerprint density at radius 2 is 1.81 bits per heavy atom. The lowest BCUT2D eigenvalue weighted by Gasteiger charge is -2.36. The third-order valence-electron chi connectivity index (χ3n) is 4.98. The van der Waals surface area contributed by atoms with E-state index in [1.54, 1.807) is 0 Å². The van der Waals surface area contributed by atoms with E-state index in [2.05, 4.69) is 22.6 Å². The van der Waals surface area contributed by atoms with Crippen LogP contribution in [0.15, 0.2) is 30.3 Å². The monoisotopic (exact) mass is 287 g/mol. The molecule has 1 aromatic rings. The summed E-state index contributed by atoms with van der Waals surface area (Å²) < 4.78 is 0. The van der Waals surface area contributed by atoms with Crippen molar-refractivity contribution in [3.63, 3.8) is 0 Å². The van der Waals surface area contributed by atoms with Crippen molar-refractivity contribution in [1.82, 2.24) is 15.5 Å². The molecule has 2 unspecified atom stereocenters. The molecule has 21 heavy (non-hydrogen) atoms. The molecule has 3 rings (SSSR count). The number of amides is 1. The van der Waals surface area contributed by atoms with Crippen molar-refractivity contribution in [3.05, 3.63) is 35.9 Å². The minimum Gasteiger partial charge on any atom is -0.351 e. The average Bonchev–Trinajstić information content (AvgIpc) is 2.74. The summed E-state index contributed by atoms with van der Waals surface area (Å²) >= 11 is 0. The van der Waals surface area contributed by atoms with Gasteiger partial charge in [0.1, 0.15) is 0 Å². The summed E-state index contributed by atoms with van der Waals surface area (Å²) in [6.07, 6.45) is 5.20. The Morgan fingerprint density at radius 1 is 1.14 bits per heavy atom. The van der Waals surface area contributed by atoms with E-state index >= 15 is 0 Å². The number of nitrogens with zero attached hydrogens (tertiary/aromatic N) is 1. The smallest absolute Gasteiger partial charge is 0.251 e. The van der Waals surface area contributed by atoms with Crippen LogP contribution in [-0.2, 0) is 0 Å². The van der Waals surface area contributed by atoms with Crippen LogP contribution in [-0.4, -0.2) is 49.1 Å². The number of rotatable bonds is 5. The third-order valence-corrected chi connectivity index (χ3v) is 4.98. The molecule has 2 N–H and O–H groups in total. The van der Waals surface area contributed by atoms with Crippen molar-refractivity contribution in [2.24, 2.45) is 0 Å². The van der Waals surface area contributed by atoms with Crippen molar-refractivity contribution in [3.8, 4) is 0 Å². The quantitative estimate of drug-likeness (QED) is 0.809. The van der Waals surface area contributed by atoms with Crippen LogP contribution in [0.5, 0.6) is 0 Å². The molecule has 0 aliphatic carbocycles. The molecule has 2 aliphatic rings. The van der Waals surface area contributed by atoms with E-state index < -0.39 is 0 Å². The van der Waals surface area contributed by atoms with Crippen molar-refractivity contribution < 1.29 is 4.79 Å². The van der Waals surface area contributed by atoms with Crippen LogP contribution in [0, 0.1) is 0 Å². The second kappa shape index (κ2) is 6.58. The molecule has 2 heterocycles. The molecule has 1 amide bonds. The van der Waals surface area contributed by atoms with Gasteiger partial charge < -0.3 is 15.5 Å². The SMILES string of the molecule is CN1C2CCC1CC(NCCNC(=O)c1ccccc1)C2. The highest BCUT2D eigenvalue weighted by Gasteiger charge is 2.37. The van der Waals surface area contributed by atoms with Gasteiger partial charge in [-0.2, -0.15) is 0 Å². The van der Waals surface area contributed by atoms with E-state index in [1.165, 1.54) is 25.7 Å². The number of piperidine rings is 1. The number of benzene rings is 1. The lowest BCUT2D eigenvalue weighted by Crippen LogP contribution is -2.48. The third kappa shape index (κ3) is 3.44. The van der Waals surface area contributed by atoms with Crippen LogP contribution in [0.3, 0.4) is 0 Å². The zero-order valence-electron chi connectivity index (χ0n) is 12.7. The topological polar surface area (TPSA) is 44.4 Å². The molecule has 1 aromatic carbocycles. The molecule has 2 saturated heterocycles. The molecular formula is C17H25N3O. The standard InChI is InChI=1S/C17H25N3O/c1-20-15-7-8-16(20)12-14(11-15)18-9-10-19-17(21)13-5-3-2-4-6-13/h2-6,14-16,18H,7-12H2,1H3,(H,19,21). The van der Waals surface area contributed by atoms with Crippen molar-refractivity contribution in [2.45, 2.75) is 43.8 Å². The van der Waals surface area contributed by atoms with Gasteiger partial charge in [0.05, 0.1) is 0 Å². The highest BCUT2D eigenvalue weighted by atomic mass is 16.1. The van der Waals surface area contributed by atoms with Gasteiger partial charge in [-0.1, -0.05) is 18.2 Å². The minimum atomic E-state index is 0.0147. The highest BCUT2D eigenvalue weighted by Crippen LogP contribution is 2.33. The Balaban J connectivity index is 1.37. The Labute approximate surface area is 126 Å². The first-order chi connectivity index (χ1) is 10.2. The summed E-state index contributed by atoms with van der Waals surface area (Å²) in [5.74, 6) is 0.0147. The number of hydrogen-bond acceptors (Lipinski definition) is 3. The Morgan fingerprint density at radius 3 is 2.48 bits per heavy atom. The normalized spacial score (nSPS) is 28.5. The molecule has 0 radical (unpaired) electrons. The van der Waals surface area contributed by atoms with Gasteiger partial charge in [-0.3, -0.25) is 4.79 Å². The van der Waals surface area contributed by atoms with Crippen LogP contribution in [0.4, 0.5) is 0 Å². The lowest BCUT2D eigenvalue weighted by atomic mass is 9.98. The molecular weight excluding hydrogens is 262 g/mol. The maximum Gasteiger partial charge on any atom is 0.251 e. The molecule has 0 saturated carbocycles. The maximum atomic E-state index is 11.9. The second-order valence-corrected chi connectivity index (χ2v) is 6.29. The molecule has 114 valence electrons. The number of carbonyl (C=O) groups excluding carboxylic acids is 1. The molecule has 0 aromatic heterocycles. The fourth-order valence-electron chi connectivity index (χ4n) is 3.72. The highest BCUT2D eigenvalue weighted by molar-refractivity contribution is 5.94. The summed E-state index contributed by atoms with van der Waals surface area (Å²) in [7, 11) is 2.26. The molecule has 2 bridgehead atoms. The molecule has 0 spiro atoms. The van der Waals surface area contributed by atoms with E-state index in [1.807, 2.05) is 30.3 Å². The van der Waals surface area contributed by atoms with Crippen LogP contribution in [0.25, 0.3) is 0 Å². The van der Waals surface area contributed by atoms with Gasteiger partial charge in [0.15, 0.2) is 0 Å². The van der Waals surface area contributed by atoms with E-state index in [0.717, 1.165) is 24.2 Å². The Bertz CT molecular complexity index is 462. The first-order valence-corrected chi connectivity index (χ1v) is 8.02. The van der Waals surface area contributed by atoms with E-state index in [-0.39, 0.29) is 5.91 Å². The number of fused-ring (bicyclic) bond motifs is 2. The van der Waals surface area contributed by atoms with Crippen LogP contribution >= 0.6 is 0 Å². The summed E-state index contributed by atoms with van der Waals surface area (Å²) in [5.41, 5.74) is 0.731. The summed E-state index contributed by atoms with van der Waals surface area (Å²) in [4.78, 5) is 14.5. The van der Waals surface area contributed by atoms with Gasteiger partial charge >= 0.3 is 0 Å². The number of carbonyl (C=O) groups is 1. The molecule has 2 aliphatic heterocycles.